The fourth-order valence-corrected chi connectivity index (χ4v) is 4.18. The fraction of sp³-hybridized carbons (Fsp3) is 0.667. The SMILES string of the molecule is CCN(CC)C(=O)CN1CCN(CC(=O)N(C)Cc2ccc(Cl)s2)CC1. The van der Waals surface area contributed by atoms with E-state index in [4.69, 9.17) is 11.6 Å². The lowest BCUT2D eigenvalue weighted by atomic mass is 10.3. The highest BCUT2D eigenvalue weighted by Crippen LogP contribution is 2.22. The van der Waals surface area contributed by atoms with Crippen LogP contribution in [0.3, 0.4) is 0 Å². The topological polar surface area (TPSA) is 47.1 Å². The van der Waals surface area contributed by atoms with Crippen molar-refractivity contribution in [1.82, 2.24) is 19.6 Å². The van der Waals surface area contributed by atoms with Gasteiger partial charge in [-0.2, -0.15) is 0 Å². The van der Waals surface area contributed by atoms with Crippen molar-refractivity contribution >= 4 is 34.8 Å². The van der Waals surface area contributed by atoms with Crippen LogP contribution in [0.15, 0.2) is 12.1 Å². The molecule has 0 radical (unpaired) electrons. The third kappa shape index (κ3) is 6.23. The number of thiophene rings is 1. The molecule has 26 heavy (non-hydrogen) atoms. The van der Waals surface area contributed by atoms with Gasteiger partial charge in [-0.05, 0) is 26.0 Å². The Morgan fingerprint density at radius 2 is 1.58 bits per heavy atom. The maximum atomic E-state index is 12.4. The van der Waals surface area contributed by atoms with E-state index in [1.54, 1.807) is 4.90 Å². The minimum absolute atomic E-state index is 0.113. The summed E-state index contributed by atoms with van der Waals surface area (Å²) >= 11 is 7.45. The molecule has 0 bridgehead atoms. The van der Waals surface area contributed by atoms with E-state index in [9.17, 15) is 9.59 Å². The Labute approximate surface area is 165 Å². The van der Waals surface area contributed by atoms with Gasteiger partial charge in [0.1, 0.15) is 0 Å². The Bertz CT molecular complexity index is 598. The van der Waals surface area contributed by atoms with E-state index in [0.717, 1.165) is 48.5 Å². The van der Waals surface area contributed by atoms with Gasteiger partial charge >= 0.3 is 0 Å². The molecule has 0 atom stereocenters. The maximum Gasteiger partial charge on any atom is 0.236 e. The highest BCUT2D eigenvalue weighted by Gasteiger charge is 2.23. The number of rotatable bonds is 8. The first-order valence-corrected chi connectivity index (χ1v) is 10.3. The predicted molar refractivity (Wildman–Crippen MR) is 107 cm³/mol. The van der Waals surface area contributed by atoms with Gasteiger partial charge in [0.25, 0.3) is 0 Å². The number of piperazine rings is 1. The number of halogens is 1. The molecular formula is C18H29ClN4O2S. The molecule has 2 amide bonds. The zero-order valence-corrected chi connectivity index (χ0v) is 17.5. The van der Waals surface area contributed by atoms with E-state index in [-0.39, 0.29) is 11.8 Å². The average molecular weight is 401 g/mol. The quantitative estimate of drug-likeness (QED) is 0.668. The molecule has 2 heterocycles. The molecule has 6 nitrogen and oxygen atoms in total. The lowest BCUT2D eigenvalue weighted by Crippen LogP contribution is -2.52. The first kappa shape index (κ1) is 21.2. The molecule has 8 heteroatoms. The standard InChI is InChI=1S/C18H29ClN4O2S/c1-4-23(5-2)18(25)14-22-10-8-21(9-11-22)13-17(24)20(3)12-15-6-7-16(19)26-15/h6-7H,4-5,8-14H2,1-3H3. The molecule has 1 aliphatic rings. The van der Waals surface area contributed by atoms with Crippen LogP contribution in [0.4, 0.5) is 0 Å². The van der Waals surface area contributed by atoms with Crippen molar-refractivity contribution in [3.8, 4) is 0 Å². The zero-order chi connectivity index (χ0) is 19.1. The first-order chi connectivity index (χ1) is 12.4. The summed E-state index contributed by atoms with van der Waals surface area (Å²) in [5.41, 5.74) is 0. The molecule has 0 spiro atoms. The van der Waals surface area contributed by atoms with Crippen LogP contribution in [0.1, 0.15) is 18.7 Å². The summed E-state index contributed by atoms with van der Waals surface area (Å²) in [5.74, 6) is 0.302. The second-order valence-corrected chi connectivity index (χ2v) is 8.37. The Kier molecular flexibility index (Phi) is 8.34. The third-order valence-corrected chi connectivity index (χ3v) is 5.96. The zero-order valence-electron chi connectivity index (χ0n) is 15.9. The number of nitrogens with zero attached hydrogens (tertiary/aromatic N) is 4. The molecule has 1 aromatic rings. The smallest absolute Gasteiger partial charge is 0.236 e. The van der Waals surface area contributed by atoms with Gasteiger partial charge < -0.3 is 9.80 Å². The second kappa shape index (κ2) is 10.3. The first-order valence-electron chi connectivity index (χ1n) is 9.13. The van der Waals surface area contributed by atoms with E-state index < -0.39 is 0 Å². The highest BCUT2D eigenvalue weighted by atomic mass is 35.5. The van der Waals surface area contributed by atoms with Crippen molar-refractivity contribution in [2.45, 2.75) is 20.4 Å². The number of carbonyl (C=O) groups is 2. The molecule has 146 valence electrons. The van der Waals surface area contributed by atoms with Crippen LogP contribution >= 0.6 is 22.9 Å². The summed E-state index contributed by atoms with van der Waals surface area (Å²) in [6, 6.07) is 3.82. The van der Waals surface area contributed by atoms with E-state index in [1.165, 1.54) is 11.3 Å². The number of hydrogen-bond acceptors (Lipinski definition) is 5. The van der Waals surface area contributed by atoms with Crippen LogP contribution in [-0.4, -0.2) is 90.8 Å². The third-order valence-electron chi connectivity index (χ3n) is 4.75. The van der Waals surface area contributed by atoms with Crippen molar-refractivity contribution in [3.63, 3.8) is 0 Å². The van der Waals surface area contributed by atoms with E-state index in [2.05, 4.69) is 9.80 Å². The summed E-state index contributed by atoms with van der Waals surface area (Å²) in [4.78, 5) is 33.7. The molecule has 1 aliphatic heterocycles. The summed E-state index contributed by atoms with van der Waals surface area (Å²) in [6.07, 6.45) is 0. The van der Waals surface area contributed by atoms with Crippen LogP contribution in [0, 0.1) is 0 Å². The fourth-order valence-electron chi connectivity index (χ4n) is 3.04. The van der Waals surface area contributed by atoms with Crippen molar-refractivity contribution in [1.29, 1.82) is 0 Å². The molecule has 0 saturated carbocycles. The largest absolute Gasteiger partial charge is 0.342 e. The second-order valence-electron chi connectivity index (χ2n) is 6.57. The minimum atomic E-state index is 0.113. The van der Waals surface area contributed by atoms with E-state index >= 15 is 0 Å². The summed E-state index contributed by atoms with van der Waals surface area (Å²) in [5, 5.41) is 0. The average Bonchev–Trinajstić information content (AvgIpc) is 3.02. The monoisotopic (exact) mass is 400 g/mol. The summed E-state index contributed by atoms with van der Waals surface area (Å²) in [7, 11) is 1.83. The minimum Gasteiger partial charge on any atom is -0.342 e. The number of carbonyl (C=O) groups excluding carboxylic acids is 2. The Hall–Kier alpha value is -1.15. The summed E-state index contributed by atoms with van der Waals surface area (Å²) in [6.45, 7) is 10.3. The van der Waals surface area contributed by atoms with Crippen LogP contribution < -0.4 is 0 Å². The molecular weight excluding hydrogens is 372 g/mol. The van der Waals surface area contributed by atoms with Crippen molar-refractivity contribution in [2.24, 2.45) is 0 Å². The van der Waals surface area contributed by atoms with Crippen molar-refractivity contribution < 1.29 is 9.59 Å². The van der Waals surface area contributed by atoms with Crippen LogP contribution in [-0.2, 0) is 16.1 Å². The lowest BCUT2D eigenvalue weighted by molar-refractivity contribution is -0.134. The Balaban J connectivity index is 1.72. The lowest BCUT2D eigenvalue weighted by Gasteiger charge is -2.35. The summed E-state index contributed by atoms with van der Waals surface area (Å²) < 4.78 is 0.747. The normalized spacial score (nSPS) is 15.8. The number of hydrogen-bond donors (Lipinski definition) is 0. The number of likely N-dealkylation sites (N-methyl/N-ethyl adjacent to an activating group) is 2. The predicted octanol–water partition coefficient (Wildman–Crippen LogP) is 1.85. The van der Waals surface area contributed by atoms with Gasteiger partial charge in [0.2, 0.25) is 11.8 Å². The van der Waals surface area contributed by atoms with Crippen molar-refractivity contribution in [2.75, 3.05) is 59.4 Å². The van der Waals surface area contributed by atoms with Crippen LogP contribution in [0.2, 0.25) is 4.34 Å². The molecule has 2 rings (SSSR count). The Morgan fingerprint density at radius 1 is 1.04 bits per heavy atom. The maximum absolute atomic E-state index is 12.4. The van der Waals surface area contributed by atoms with Crippen LogP contribution in [0.25, 0.3) is 0 Å². The molecule has 0 N–H and O–H groups in total. The van der Waals surface area contributed by atoms with Crippen molar-refractivity contribution in [3.05, 3.63) is 21.3 Å². The molecule has 1 fully saturated rings. The van der Waals surface area contributed by atoms with Gasteiger partial charge in [0.15, 0.2) is 0 Å². The molecule has 0 unspecified atom stereocenters. The van der Waals surface area contributed by atoms with E-state index in [0.29, 0.717) is 19.6 Å². The van der Waals surface area contributed by atoms with Gasteiger partial charge in [-0.25, -0.2) is 0 Å². The van der Waals surface area contributed by atoms with Gasteiger partial charge in [-0.3, -0.25) is 19.4 Å². The van der Waals surface area contributed by atoms with Crippen LogP contribution in [0.5, 0.6) is 0 Å². The van der Waals surface area contributed by atoms with Gasteiger partial charge in [0, 0.05) is 51.2 Å². The van der Waals surface area contributed by atoms with E-state index in [1.807, 2.05) is 37.9 Å². The molecule has 1 saturated heterocycles. The molecule has 0 aliphatic carbocycles. The Morgan fingerprint density at radius 3 is 2.04 bits per heavy atom. The van der Waals surface area contributed by atoms with Gasteiger partial charge in [-0.15, -0.1) is 11.3 Å². The van der Waals surface area contributed by atoms with Gasteiger partial charge in [-0.1, -0.05) is 11.6 Å². The molecule has 1 aromatic heterocycles. The highest BCUT2D eigenvalue weighted by molar-refractivity contribution is 7.16. The van der Waals surface area contributed by atoms with Gasteiger partial charge in [0.05, 0.1) is 24.0 Å². The number of amides is 2. The molecule has 0 aromatic carbocycles.